The van der Waals surface area contributed by atoms with Crippen molar-refractivity contribution in [2.24, 2.45) is 0 Å². The highest BCUT2D eigenvalue weighted by atomic mass is 32.2. The van der Waals surface area contributed by atoms with Gasteiger partial charge in [-0.05, 0) is 43.4 Å². The van der Waals surface area contributed by atoms with Gasteiger partial charge >= 0.3 is 12.0 Å². The third kappa shape index (κ3) is 7.55. The van der Waals surface area contributed by atoms with Crippen LogP contribution in [0.5, 0.6) is 5.75 Å². The Labute approximate surface area is 196 Å². The van der Waals surface area contributed by atoms with E-state index in [2.05, 4.69) is 21.3 Å². The Bertz CT molecular complexity index is 865. The van der Waals surface area contributed by atoms with Gasteiger partial charge in [-0.15, -0.1) is 0 Å². The van der Waals surface area contributed by atoms with E-state index in [-0.39, 0.29) is 53.8 Å². The Morgan fingerprint density at radius 1 is 1.12 bits per heavy atom. The molecule has 4 unspecified atom stereocenters. The largest absolute Gasteiger partial charge is 0.508 e. The van der Waals surface area contributed by atoms with Gasteiger partial charge in [0.15, 0.2) is 0 Å². The number of aromatic hydroxyl groups is 1. The van der Waals surface area contributed by atoms with Gasteiger partial charge in [0.2, 0.25) is 11.8 Å². The van der Waals surface area contributed by atoms with Crippen molar-refractivity contribution in [3.05, 3.63) is 29.8 Å². The molecule has 6 N–H and O–H groups in total. The fraction of sp³-hybridized carbons (Fsp3) is 0.545. The van der Waals surface area contributed by atoms with Crippen molar-refractivity contribution in [1.29, 1.82) is 0 Å². The van der Waals surface area contributed by atoms with Crippen molar-refractivity contribution in [2.45, 2.75) is 61.9 Å². The number of amides is 4. The van der Waals surface area contributed by atoms with Crippen LogP contribution in [0, 0.1) is 0 Å². The first-order valence-corrected chi connectivity index (χ1v) is 12.1. The lowest BCUT2D eigenvalue weighted by atomic mass is 10.1. The number of carboxylic acids is 1. The Hall–Kier alpha value is -2.95. The fourth-order valence-corrected chi connectivity index (χ4v) is 5.45. The van der Waals surface area contributed by atoms with Gasteiger partial charge in [-0.1, -0.05) is 12.1 Å². The number of carboxylic acid groups (broad SMARTS) is 1. The summed E-state index contributed by atoms with van der Waals surface area (Å²) in [4.78, 5) is 47.2. The van der Waals surface area contributed by atoms with Gasteiger partial charge in [0, 0.05) is 30.4 Å². The van der Waals surface area contributed by atoms with Crippen LogP contribution in [-0.4, -0.2) is 69.7 Å². The van der Waals surface area contributed by atoms with Crippen molar-refractivity contribution in [3.63, 3.8) is 0 Å². The summed E-state index contributed by atoms with van der Waals surface area (Å²) in [5.74, 6) is -0.581. The van der Waals surface area contributed by atoms with Gasteiger partial charge in [-0.2, -0.15) is 11.8 Å². The third-order valence-electron chi connectivity index (χ3n) is 5.78. The molecule has 11 heteroatoms. The zero-order valence-electron chi connectivity index (χ0n) is 18.2. The number of benzene rings is 1. The number of fused-ring (bicyclic) bond motifs is 1. The number of nitrogens with one attached hydrogen (secondary N) is 4. The topological polar surface area (TPSA) is 157 Å². The minimum atomic E-state index is -1.09. The zero-order valence-corrected chi connectivity index (χ0v) is 19.0. The van der Waals surface area contributed by atoms with Crippen LogP contribution in [0.2, 0.25) is 0 Å². The first kappa shape index (κ1) is 24.7. The van der Waals surface area contributed by atoms with Crippen molar-refractivity contribution in [2.75, 3.05) is 12.3 Å². The highest BCUT2D eigenvalue weighted by Gasteiger charge is 2.43. The number of aliphatic carboxylic acids is 1. The molecule has 0 saturated carbocycles. The number of urea groups is 1. The lowest BCUT2D eigenvalue weighted by Crippen LogP contribution is -2.41. The summed E-state index contributed by atoms with van der Waals surface area (Å²) >= 11 is 1.67. The van der Waals surface area contributed by atoms with E-state index in [0.29, 0.717) is 32.2 Å². The van der Waals surface area contributed by atoms with Crippen LogP contribution in [0.4, 0.5) is 4.79 Å². The van der Waals surface area contributed by atoms with Crippen LogP contribution in [-0.2, 0) is 20.8 Å². The fourth-order valence-electron chi connectivity index (χ4n) is 3.97. The maximum Gasteiger partial charge on any atom is 0.326 e. The van der Waals surface area contributed by atoms with Crippen molar-refractivity contribution in [3.8, 4) is 5.75 Å². The predicted molar refractivity (Wildman–Crippen MR) is 123 cm³/mol. The molecule has 2 fully saturated rings. The Kier molecular flexibility index (Phi) is 8.81. The number of hydrogen-bond acceptors (Lipinski definition) is 6. The van der Waals surface area contributed by atoms with Crippen LogP contribution in [0.3, 0.4) is 0 Å². The van der Waals surface area contributed by atoms with Gasteiger partial charge in [0.1, 0.15) is 11.8 Å². The molecule has 0 radical (unpaired) electrons. The number of phenols is 1. The molecule has 10 nitrogen and oxygen atoms in total. The average molecular weight is 479 g/mol. The van der Waals surface area contributed by atoms with E-state index < -0.39 is 12.0 Å². The molecule has 0 aromatic heterocycles. The minimum absolute atomic E-state index is 0.0257. The van der Waals surface area contributed by atoms with Crippen molar-refractivity contribution in [1.82, 2.24) is 21.3 Å². The van der Waals surface area contributed by atoms with Crippen LogP contribution < -0.4 is 21.3 Å². The molecule has 2 aliphatic heterocycles. The van der Waals surface area contributed by atoms with E-state index in [0.717, 1.165) is 11.3 Å². The molecule has 2 heterocycles. The molecule has 1 aromatic rings. The van der Waals surface area contributed by atoms with Gasteiger partial charge < -0.3 is 31.5 Å². The molecule has 33 heavy (non-hydrogen) atoms. The molecule has 0 aliphatic carbocycles. The van der Waals surface area contributed by atoms with Crippen LogP contribution in [0.1, 0.15) is 37.7 Å². The third-order valence-corrected chi connectivity index (χ3v) is 7.22. The number of hydrogen-bond donors (Lipinski definition) is 6. The molecule has 2 aliphatic rings. The number of carbonyl (C=O) groups is 4. The quantitative estimate of drug-likeness (QED) is 0.191. The monoisotopic (exact) mass is 478 g/mol. The summed E-state index contributed by atoms with van der Waals surface area (Å²) in [5.41, 5.74) is 0.878. The molecule has 3 rings (SSSR count). The predicted octanol–water partition coefficient (Wildman–Crippen LogP) is 0.736. The minimum Gasteiger partial charge on any atom is -0.508 e. The van der Waals surface area contributed by atoms with E-state index >= 15 is 0 Å². The van der Waals surface area contributed by atoms with E-state index in [1.807, 2.05) is 0 Å². The molecule has 180 valence electrons. The van der Waals surface area contributed by atoms with E-state index in [4.69, 9.17) is 0 Å². The van der Waals surface area contributed by atoms with E-state index in [1.165, 1.54) is 0 Å². The SMILES string of the molecule is O=C(CC1SCC2NC(=O)NC21)NCCCCC(NC(=O)CCc1ccc(O)cc1)C(=O)O. The van der Waals surface area contributed by atoms with Crippen LogP contribution >= 0.6 is 11.8 Å². The van der Waals surface area contributed by atoms with Crippen molar-refractivity contribution >= 4 is 35.6 Å². The lowest BCUT2D eigenvalue weighted by Gasteiger charge is -2.17. The van der Waals surface area contributed by atoms with Crippen molar-refractivity contribution < 1.29 is 29.4 Å². The number of thioether (sulfide) groups is 1. The molecule has 4 atom stereocenters. The second-order valence-corrected chi connectivity index (χ2v) is 9.57. The average Bonchev–Trinajstić information content (AvgIpc) is 3.31. The molecule has 0 bridgehead atoms. The molecule has 0 spiro atoms. The normalized spacial score (nSPS) is 22.1. The Morgan fingerprint density at radius 3 is 2.61 bits per heavy atom. The van der Waals surface area contributed by atoms with Gasteiger partial charge in [-0.3, -0.25) is 9.59 Å². The molecular weight excluding hydrogens is 448 g/mol. The summed E-state index contributed by atoms with van der Waals surface area (Å²) in [5, 5.41) is 29.8. The van der Waals surface area contributed by atoms with Gasteiger partial charge in [0.25, 0.3) is 0 Å². The Morgan fingerprint density at radius 2 is 1.88 bits per heavy atom. The second-order valence-electron chi connectivity index (χ2n) is 8.30. The number of unbranched alkanes of at least 4 members (excludes halogenated alkanes) is 1. The summed E-state index contributed by atoms with van der Waals surface area (Å²) in [7, 11) is 0. The first-order chi connectivity index (χ1) is 15.8. The second kappa shape index (κ2) is 11.8. The Balaban J connectivity index is 1.29. The number of phenolic OH excluding ortho intramolecular Hbond substituents is 1. The summed E-state index contributed by atoms with van der Waals surface area (Å²) in [6, 6.07) is 5.41. The maximum absolute atomic E-state index is 12.2. The number of carbonyl (C=O) groups excluding carboxylic acids is 3. The highest BCUT2D eigenvalue weighted by Crippen LogP contribution is 2.31. The standard InChI is InChI=1S/C22H30N4O6S/c27-14-7-4-13(5-8-14)6-9-18(28)24-15(21(30)31)3-1-2-10-23-19(29)11-17-20-16(12-33-17)25-22(32)26-20/h4-5,7-8,15-17,20,27H,1-3,6,9-12H2,(H,23,29)(H,24,28)(H,30,31)(H2,25,26,32). The van der Waals surface area contributed by atoms with Gasteiger partial charge in [-0.25, -0.2) is 9.59 Å². The highest BCUT2D eigenvalue weighted by molar-refractivity contribution is 8.00. The molecule has 4 amide bonds. The van der Waals surface area contributed by atoms with Gasteiger partial charge in [0.05, 0.1) is 12.1 Å². The molecular formula is C22H30N4O6S. The summed E-state index contributed by atoms with van der Waals surface area (Å²) < 4.78 is 0. The van der Waals surface area contributed by atoms with E-state index in [9.17, 15) is 29.4 Å². The maximum atomic E-state index is 12.2. The summed E-state index contributed by atoms with van der Waals surface area (Å²) in [6.07, 6.45) is 2.34. The molecule has 2 saturated heterocycles. The molecule has 1 aromatic carbocycles. The smallest absolute Gasteiger partial charge is 0.326 e. The first-order valence-electron chi connectivity index (χ1n) is 11.1. The van der Waals surface area contributed by atoms with Crippen LogP contribution in [0.25, 0.3) is 0 Å². The summed E-state index contributed by atoms with van der Waals surface area (Å²) in [6.45, 7) is 0.427. The van der Waals surface area contributed by atoms with Crippen LogP contribution in [0.15, 0.2) is 24.3 Å². The zero-order chi connectivity index (χ0) is 23.8. The van der Waals surface area contributed by atoms with E-state index in [1.54, 1.807) is 36.0 Å². The lowest BCUT2D eigenvalue weighted by molar-refractivity contribution is -0.142. The number of rotatable bonds is 12. The number of aryl methyl sites for hydroxylation is 1.